The third kappa shape index (κ3) is 4.25. The number of fused-ring (bicyclic) bond motifs is 1. The lowest BCUT2D eigenvalue weighted by Gasteiger charge is -2.08. The van der Waals surface area contributed by atoms with E-state index < -0.39 is 11.9 Å². The van der Waals surface area contributed by atoms with Crippen molar-refractivity contribution >= 4 is 52.5 Å². The zero-order valence-corrected chi connectivity index (χ0v) is 14.1. The van der Waals surface area contributed by atoms with Gasteiger partial charge in [0.05, 0.1) is 15.8 Å². The summed E-state index contributed by atoms with van der Waals surface area (Å²) in [7, 11) is 0. The fraction of sp³-hybridized carbons (Fsp3) is 0.333. The largest absolute Gasteiger partial charge is 0.336 e. The van der Waals surface area contributed by atoms with Crippen molar-refractivity contribution in [1.82, 2.24) is 25.2 Å². The minimum atomic E-state index is -0.530. The van der Waals surface area contributed by atoms with E-state index in [-0.39, 0.29) is 11.8 Å². The maximum atomic E-state index is 11.7. The molecule has 0 aromatic carbocycles. The summed E-state index contributed by atoms with van der Waals surface area (Å²) < 4.78 is 1.59. The van der Waals surface area contributed by atoms with E-state index in [1.54, 1.807) is 30.5 Å². The van der Waals surface area contributed by atoms with Gasteiger partial charge >= 0.3 is 6.03 Å². The minimum Gasteiger partial charge on any atom is -0.336 e. The van der Waals surface area contributed by atoms with Gasteiger partial charge in [-0.2, -0.15) is 0 Å². The molecule has 2 rings (SSSR count). The Labute approximate surface area is 140 Å². The van der Waals surface area contributed by atoms with Crippen molar-refractivity contribution in [3.05, 3.63) is 22.3 Å². The number of nitrogens with zero attached hydrogens (tertiary/aromatic N) is 3. The fourth-order valence-corrected chi connectivity index (χ4v) is 2.81. The van der Waals surface area contributed by atoms with Gasteiger partial charge in [0.25, 0.3) is 0 Å². The number of pyridine rings is 1. The molecule has 3 amide bonds. The topological polar surface area (TPSA) is 88.4 Å². The molecule has 2 aromatic rings. The molecule has 118 valence electrons. The molecule has 0 fully saturated rings. The second-order valence-corrected chi connectivity index (χ2v) is 6.43. The molecule has 0 atom stereocenters. The first-order chi connectivity index (χ1) is 10.4. The van der Waals surface area contributed by atoms with E-state index in [0.717, 1.165) is 11.8 Å². The van der Waals surface area contributed by atoms with Crippen LogP contribution in [0.25, 0.3) is 5.65 Å². The summed E-state index contributed by atoms with van der Waals surface area (Å²) >= 11 is 13.1. The molecule has 0 spiro atoms. The monoisotopic (exact) mass is 361 g/mol. The highest BCUT2D eigenvalue weighted by Crippen LogP contribution is 2.25. The van der Waals surface area contributed by atoms with Gasteiger partial charge in [-0.1, -0.05) is 35.0 Å². The van der Waals surface area contributed by atoms with Crippen molar-refractivity contribution in [3.8, 4) is 0 Å². The third-order valence-corrected chi connectivity index (χ3v) is 3.83. The van der Waals surface area contributed by atoms with Crippen LogP contribution in [0.2, 0.25) is 10.0 Å². The van der Waals surface area contributed by atoms with Gasteiger partial charge in [0.2, 0.25) is 5.91 Å². The number of thioether (sulfide) groups is 1. The summed E-state index contributed by atoms with van der Waals surface area (Å²) in [5, 5.41) is 13.9. The van der Waals surface area contributed by atoms with Crippen molar-refractivity contribution in [1.29, 1.82) is 0 Å². The molecule has 0 aliphatic rings. The molecule has 7 nitrogen and oxygen atoms in total. The van der Waals surface area contributed by atoms with Gasteiger partial charge in [-0.25, -0.2) is 4.79 Å². The second-order valence-electron chi connectivity index (χ2n) is 4.65. The van der Waals surface area contributed by atoms with Crippen molar-refractivity contribution in [2.75, 3.05) is 5.75 Å². The van der Waals surface area contributed by atoms with Crippen LogP contribution in [0.5, 0.6) is 0 Å². The van der Waals surface area contributed by atoms with E-state index in [2.05, 4.69) is 20.8 Å². The molecule has 22 heavy (non-hydrogen) atoms. The number of hydrogen-bond donors (Lipinski definition) is 2. The van der Waals surface area contributed by atoms with Gasteiger partial charge in [0.15, 0.2) is 10.8 Å². The van der Waals surface area contributed by atoms with Crippen LogP contribution in [-0.2, 0) is 4.79 Å². The Morgan fingerprint density at radius 2 is 2.09 bits per heavy atom. The lowest BCUT2D eigenvalue weighted by Crippen LogP contribution is -2.43. The molecule has 2 N–H and O–H groups in total. The molecule has 0 radical (unpaired) electrons. The summed E-state index contributed by atoms with van der Waals surface area (Å²) in [6.07, 6.45) is 1.61. The molecular formula is C12H13Cl2N5O2S. The van der Waals surface area contributed by atoms with E-state index in [4.69, 9.17) is 23.2 Å². The molecule has 10 heteroatoms. The van der Waals surface area contributed by atoms with Gasteiger partial charge in [-0.15, -0.1) is 10.2 Å². The Bertz CT molecular complexity index is 719. The number of urea groups is 1. The lowest BCUT2D eigenvalue weighted by atomic mass is 10.4. The highest BCUT2D eigenvalue weighted by Gasteiger charge is 2.14. The van der Waals surface area contributed by atoms with Crippen LogP contribution in [0, 0.1) is 0 Å². The molecule has 0 aliphatic heterocycles. The van der Waals surface area contributed by atoms with Crippen molar-refractivity contribution in [2.24, 2.45) is 0 Å². The van der Waals surface area contributed by atoms with Gasteiger partial charge in [-0.3, -0.25) is 14.5 Å². The first-order valence-electron chi connectivity index (χ1n) is 6.29. The van der Waals surface area contributed by atoms with Gasteiger partial charge in [-0.05, 0) is 19.9 Å². The molecule has 2 heterocycles. The standard InChI is InChI=1S/C12H13Cl2N5O2S/c1-6(2)15-11(21)16-9(20)5-22-12-18-17-10-8(14)3-7(13)4-19(10)12/h3-4,6H,5H2,1-2H3,(H2,15,16,20,21). The average molecular weight is 362 g/mol. The highest BCUT2D eigenvalue weighted by atomic mass is 35.5. The van der Waals surface area contributed by atoms with Crippen LogP contribution >= 0.6 is 35.0 Å². The molecule has 0 saturated carbocycles. The molecular weight excluding hydrogens is 349 g/mol. The first kappa shape index (κ1) is 16.9. The Morgan fingerprint density at radius 3 is 2.77 bits per heavy atom. The maximum Gasteiger partial charge on any atom is 0.321 e. The van der Waals surface area contributed by atoms with Crippen molar-refractivity contribution < 1.29 is 9.59 Å². The summed E-state index contributed by atoms with van der Waals surface area (Å²) in [6, 6.07) is 0.979. The van der Waals surface area contributed by atoms with Crippen LogP contribution in [0.4, 0.5) is 4.79 Å². The Balaban J connectivity index is 2.00. The number of aromatic nitrogens is 3. The number of imide groups is 1. The molecule has 2 aromatic heterocycles. The van der Waals surface area contributed by atoms with E-state index in [9.17, 15) is 9.59 Å². The lowest BCUT2D eigenvalue weighted by molar-refractivity contribution is -0.117. The number of carbonyl (C=O) groups excluding carboxylic acids is 2. The summed E-state index contributed by atoms with van der Waals surface area (Å²) in [6.45, 7) is 3.60. The Morgan fingerprint density at radius 1 is 1.36 bits per heavy atom. The maximum absolute atomic E-state index is 11.7. The van der Waals surface area contributed by atoms with E-state index in [0.29, 0.717) is 20.8 Å². The number of rotatable bonds is 4. The number of halogens is 2. The van der Waals surface area contributed by atoms with Gasteiger partial charge in [0, 0.05) is 12.2 Å². The molecule has 0 saturated heterocycles. The first-order valence-corrected chi connectivity index (χ1v) is 8.04. The number of amides is 3. The predicted molar refractivity (Wildman–Crippen MR) is 85.5 cm³/mol. The third-order valence-electron chi connectivity index (χ3n) is 2.40. The number of carbonyl (C=O) groups is 2. The van der Waals surface area contributed by atoms with Crippen LogP contribution in [-0.4, -0.2) is 38.3 Å². The second kappa shape index (κ2) is 7.17. The van der Waals surface area contributed by atoms with E-state index in [1.807, 2.05) is 0 Å². The van der Waals surface area contributed by atoms with E-state index >= 15 is 0 Å². The van der Waals surface area contributed by atoms with Gasteiger partial charge in [0.1, 0.15) is 0 Å². The van der Waals surface area contributed by atoms with Crippen LogP contribution in [0.1, 0.15) is 13.8 Å². The number of nitrogens with one attached hydrogen (secondary N) is 2. The molecule has 0 aliphatic carbocycles. The predicted octanol–water partition coefficient (Wildman–Crippen LogP) is 2.36. The minimum absolute atomic E-state index is 0.0104. The highest BCUT2D eigenvalue weighted by molar-refractivity contribution is 7.99. The molecule has 0 bridgehead atoms. The summed E-state index contributed by atoms with van der Waals surface area (Å²) in [5.41, 5.74) is 0.450. The van der Waals surface area contributed by atoms with Crippen LogP contribution in [0.15, 0.2) is 17.4 Å². The summed E-state index contributed by atoms with van der Waals surface area (Å²) in [5.74, 6) is -0.427. The fourth-order valence-electron chi connectivity index (χ4n) is 1.59. The Hall–Kier alpha value is -1.51. The van der Waals surface area contributed by atoms with Crippen molar-refractivity contribution in [2.45, 2.75) is 25.0 Å². The van der Waals surface area contributed by atoms with E-state index in [1.165, 1.54) is 0 Å². The van der Waals surface area contributed by atoms with Gasteiger partial charge < -0.3 is 5.32 Å². The zero-order chi connectivity index (χ0) is 16.3. The Kier molecular flexibility index (Phi) is 5.49. The zero-order valence-electron chi connectivity index (χ0n) is 11.8. The SMILES string of the molecule is CC(C)NC(=O)NC(=O)CSc1nnc2c(Cl)cc(Cl)cn12. The molecule has 0 unspecified atom stereocenters. The smallest absolute Gasteiger partial charge is 0.321 e. The quantitative estimate of drug-likeness (QED) is 0.816. The van der Waals surface area contributed by atoms with Crippen molar-refractivity contribution in [3.63, 3.8) is 0 Å². The summed E-state index contributed by atoms with van der Waals surface area (Å²) in [4.78, 5) is 23.1. The average Bonchev–Trinajstić information content (AvgIpc) is 2.78. The number of hydrogen-bond acceptors (Lipinski definition) is 5. The van der Waals surface area contributed by atoms with Crippen LogP contribution in [0.3, 0.4) is 0 Å². The van der Waals surface area contributed by atoms with Crippen LogP contribution < -0.4 is 10.6 Å². The normalized spacial score (nSPS) is 11.0.